The van der Waals surface area contributed by atoms with Crippen LogP contribution in [0.3, 0.4) is 0 Å². The van der Waals surface area contributed by atoms with Gasteiger partial charge in [-0.2, -0.15) is 0 Å². The third-order valence-corrected chi connectivity index (χ3v) is 6.02. The number of fused-ring (bicyclic) bond motifs is 1. The van der Waals surface area contributed by atoms with E-state index in [-0.39, 0.29) is 12.3 Å². The number of amides is 1. The Morgan fingerprint density at radius 2 is 2.07 bits per heavy atom. The first kappa shape index (κ1) is 17.7. The van der Waals surface area contributed by atoms with Crippen molar-refractivity contribution in [3.8, 4) is 11.3 Å². The minimum absolute atomic E-state index is 0.137. The number of carbonyl (C=O) groups is 2. The van der Waals surface area contributed by atoms with E-state index in [0.29, 0.717) is 13.0 Å². The van der Waals surface area contributed by atoms with Gasteiger partial charge < -0.3 is 10.0 Å². The lowest BCUT2D eigenvalue weighted by atomic mass is 10.1. The number of nitrogens with zero attached hydrogens (tertiary/aromatic N) is 3. The second-order valence-electron chi connectivity index (χ2n) is 6.82. The summed E-state index contributed by atoms with van der Waals surface area (Å²) in [4.78, 5) is 31.0. The van der Waals surface area contributed by atoms with E-state index in [1.165, 1.54) is 21.8 Å². The summed E-state index contributed by atoms with van der Waals surface area (Å²) in [6.45, 7) is 2.64. The van der Waals surface area contributed by atoms with E-state index in [0.717, 1.165) is 34.8 Å². The van der Waals surface area contributed by atoms with Crippen molar-refractivity contribution < 1.29 is 14.7 Å². The Morgan fingerprint density at radius 3 is 2.78 bits per heavy atom. The van der Waals surface area contributed by atoms with Gasteiger partial charge in [-0.1, -0.05) is 31.2 Å². The average Bonchev–Trinajstić information content (AvgIpc) is 3.38. The molecule has 0 bridgehead atoms. The van der Waals surface area contributed by atoms with E-state index < -0.39 is 12.0 Å². The second-order valence-corrected chi connectivity index (χ2v) is 7.65. The highest BCUT2D eigenvalue weighted by atomic mass is 32.1. The van der Waals surface area contributed by atoms with Gasteiger partial charge in [0.15, 0.2) is 4.96 Å². The van der Waals surface area contributed by atoms with Gasteiger partial charge in [0.25, 0.3) is 0 Å². The Morgan fingerprint density at radius 1 is 1.30 bits per heavy atom. The van der Waals surface area contributed by atoms with E-state index in [9.17, 15) is 14.7 Å². The van der Waals surface area contributed by atoms with Crippen LogP contribution in [0.1, 0.15) is 31.0 Å². The van der Waals surface area contributed by atoms with Crippen LogP contribution < -0.4 is 0 Å². The first-order chi connectivity index (χ1) is 13.1. The number of aromatic nitrogens is 2. The van der Waals surface area contributed by atoms with E-state index in [4.69, 9.17) is 0 Å². The van der Waals surface area contributed by atoms with Crippen molar-refractivity contribution in [1.29, 1.82) is 0 Å². The first-order valence-corrected chi connectivity index (χ1v) is 10.0. The number of imidazole rings is 1. The zero-order valence-electron chi connectivity index (χ0n) is 15.1. The number of aliphatic carboxylic acids is 1. The molecule has 7 heteroatoms. The zero-order valence-corrected chi connectivity index (χ0v) is 15.9. The van der Waals surface area contributed by atoms with Gasteiger partial charge in [0, 0.05) is 29.4 Å². The van der Waals surface area contributed by atoms with Crippen LogP contribution in [0.4, 0.5) is 0 Å². The van der Waals surface area contributed by atoms with E-state index >= 15 is 0 Å². The standard InChI is InChI=1S/C20H21N3O3S/c1-2-13-5-7-14(8-6-13)16-11-23-15(12-27-20(23)21-16)10-18(24)22-9-3-4-17(22)19(25)26/h5-8,11-12,17H,2-4,9-10H2,1H3,(H,25,26). The molecule has 1 amide bonds. The normalized spacial score (nSPS) is 16.9. The maximum absolute atomic E-state index is 12.7. The predicted octanol–water partition coefficient (Wildman–Crippen LogP) is 3.24. The molecule has 140 valence electrons. The molecule has 4 rings (SSSR count). The Labute approximate surface area is 161 Å². The van der Waals surface area contributed by atoms with Gasteiger partial charge >= 0.3 is 5.97 Å². The van der Waals surface area contributed by atoms with Crippen LogP contribution in [0.2, 0.25) is 0 Å². The summed E-state index contributed by atoms with van der Waals surface area (Å²) in [5, 5.41) is 11.2. The number of benzene rings is 1. The number of thiazole rings is 1. The van der Waals surface area contributed by atoms with Gasteiger partial charge in [-0.05, 0) is 24.8 Å². The number of aryl methyl sites for hydroxylation is 1. The molecule has 0 radical (unpaired) electrons. The molecule has 1 atom stereocenters. The molecule has 1 aromatic carbocycles. The number of carbonyl (C=O) groups excluding carboxylic acids is 1. The fraction of sp³-hybridized carbons (Fsp3) is 0.350. The van der Waals surface area contributed by atoms with Crippen LogP contribution in [-0.4, -0.2) is 43.9 Å². The molecule has 1 fully saturated rings. The Kier molecular flexibility index (Phi) is 4.70. The number of carboxylic acids is 1. The predicted molar refractivity (Wildman–Crippen MR) is 104 cm³/mol. The molecule has 1 aliphatic rings. The summed E-state index contributed by atoms with van der Waals surface area (Å²) in [5.74, 6) is -1.06. The Bertz CT molecular complexity index is 990. The molecule has 0 saturated carbocycles. The van der Waals surface area contributed by atoms with Crippen molar-refractivity contribution in [2.75, 3.05) is 6.54 Å². The molecule has 1 saturated heterocycles. The quantitative estimate of drug-likeness (QED) is 0.734. The van der Waals surface area contributed by atoms with Crippen molar-refractivity contribution in [2.24, 2.45) is 0 Å². The molecule has 1 N–H and O–H groups in total. The smallest absolute Gasteiger partial charge is 0.326 e. The number of rotatable bonds is 5. The van der Waals surface area contributed by atoms with Crippen LogP contribution in [0, 0.1) is 0 Å². The average molecular weight is 383 g/mol. The van der Waals surface area contributed by atoms with Gasteiger partial charge in [-0.25, -0.2) is 9.78 Å². The Balaban J connectivity index is 1.57. The molecule has 0 spiro atoms. The van der Waals surface area contributed by atoms with Crippen molar-refractivity contribution >= 4 is 28.2 Å². The molecular formula is C20H21N3O3S. The highest BCUT2D eigenvalue weighted by Crippen LogP contribution is 2.25. The van der Waals surface area contributed by atoms with Crippen molar-refractivity contribution in [1.82, 2.24) is 14.3 Å². The lowest BCUT2D eigenvalue weighted by Gasteiger charge is -2.21. The van der Waals surface area contributed by atoms with Gasteiger partial charge in [0.1, 0.15) is 6.04 Å². The van der Waals surface area contributed by atoms with Crippen LogP contribution >= 0.6 is 11.3 Å². The summed E-state index contributed by atoms with van der Waals surface area (Å²) in [6, 6.07) is 7.65. The van der Waals surface area contributed by atoms with Gasteiger partial charge in [-0.3, -0.25) is 9.20 Å². The van der Waals surface area contributed by atoms with Gasteiger partial charge in [0.05, 0.1) is 12.1 Å². The molecule has 2 aromatic heterocycles. The lowest BCUT2D eigenvalue weighted by Crippen LogP contribution is -2.41. The van der Waals surface area contributed by atoms with Gasteiger partial charge in [-0.15, -0.1) is 11.3 Å². The Hall–Kier alpha value is -2.67. The van der Waals surface area contributed by atoms with E-state index in [2.05, 4.69) is 36.2 Å². The fourth-order valence-corrected chi connectivity index (χ4v) is 4.46. The zero-order chi connectivity index (χ0) is 19.0. The molecule has 1 unspecified atom stereocenters. The first-order valence-electron chi connectivity index (χ1n) is 9.14. The summed E-state index contributed by atoms with van der Waals surface area (Å²) < 4.78 is 1.94. The van der Waals surface area contributed by atoms with Gasteiger partial charge in [0.2, 0.25) is 5.91 Å². The van der Waals surface area contributed by atoms with Crippen LogP contribution in [0.25, 0.3) is 16.2 Å². The minimum Gasteiger partial charge on any atom is -0.480 e. The maximum Gasteiger partial charge on any atom is 0.326 e. The highest BCUT2D eigenvalue weighted by molar-refractivity contribution is 7.15. The molecule has 6 nitrogen and oxygen atoms in total. The van der Waals surface area contributed by atoms with E-state index in [1.54, 1.807) is 0 Å². The summed E-state index contributed by atoms with van der Waals surface area (Å²) >= 11 is 1.49. The lowest BCUT2D eigenvalue weighted by molar-refractivity contribution is -0.148. The molecular weight excluding hydrogens is 362 g/mol. The molecule has 3 aromatic rings. The number of hydrogen-bond acceptors (Lipinski definition) is 4. The minimum atomic E-state index is -0.920. The molecule has 0 aliphatic carbocycles. The van der Waals surface area contributed by atoms with Crippen molar-refractivity contribution in [3.63, 3.8) is 0 Å². The third-order valence-electron chi connectivity index (χ3n) is 5.13. The van der Waals surface area contributed by atoms with Crippen LogP contribution in [0.15, 0.2) is 35.8 Å². The largest absolute Gasteiger partial charge is 0.480 e. The summed E-state index contributed by atoms with van der Waals surface area (Å²) in [6.07, 6.45) is 4.41. The SMILES string of the molecule is CCc1ccc(-c2cn3c(CC(=O)N4CCCC4C(=O)O)csc3n2)cc1. The molecule has 27 heavy (non-hydrogen) atoms. The number of hydrogen-bond donors (Lipinski definition) is 1. The number of carboxylic acid groups (broad SMARTS) is 1. The molecule has 1 aliphatic heterocycles. The van der Waals surface area contributed by atoms with Crippen molar-refractivity contribution in [2.45, 2.75) is 38.6 Å². The maximum atomic E-state index is 12.7. The van der Waals surface area contributed by atoms with Crippen LogP contribution in [0.5, 0.6) is 0 Å². The summed E-state index contributed by atoms with van der Waals surface area (Å²) in [7, 11) is 0. The summed E-state index contributed by atoms with van der Waals surface area (Å²) in [5.41, 5.74) is 4.05. The topological polar surface area (TPSA) is 74.9 Å². The number of likely N-dealkylation sites (tertiary alicyclic amines) is 1. The monoisotopic (exact) mass is 383 g/mol. The fourth-order valence-electron chi connectivity index (χ4n) is 3.59. The highest BCUT2D eigenvalue weighted by Gasteiger charge is 2.34. The third kappa shape index (κ3) is 3.35. The van der Waals surface area contributed by atoms with Crippen LogP contribution in [-0.2, 0) is 22.4 Å². The van der Waals surface area contributed by atoms with E-state index in [1.807, 2.05) is 16.0 Å². The molecule has 3 heterocycles. The second kappa shape index (κ2) is 7.15. The van der Waals surface area contributed by atoms with Crippen molar-refractivity contribution in [3.05, 3.63) is 47.1 Å².